The lowest BCUT2D eigenvalue weighted by Gasteiger charge is -2.25. The van der Waals surface area contributed by atoms with Crippen LogP contribution in [0.4, 0.5) is 4.79 Å². The molecule has 0 aromatic heterocycles. The second-order valence-electron chi connectivity index (χ2n) is 4.43. The normalized spacial score (nSPS) is 15.2. The Kier molecular flexibility index (Phi) is 4.39. The largest absolute Gasteiger partial charge is 0.497 e. The number of rotatable bonds is 3. The van der Waals surface area contributed by atoms with Gasteiger partial charge in [0, 0.05) is 25.9 Å². The van der Waals surface area contributed by atoms with E-state index in [0.717, 1.165) is 11.3 Å². The highest BCUT2D eigenvalue weighted by atomic mass is 16.6. The third-order valence-electron chi connectivity index (χ3n) is 3.10. The molecule has 0 radical (unpaired) electrons. The molecule has 0 aliphatic carbocycles. The van der Waals surface area contributed by atoms with Crippen LogP contribution in [-0.2, 0) is 16.1 Å². The van der Waals surface area contributed by atoms with Gasteiger partial charge in [-0.05, 0) is 17.7 Å². The number of ketones is 1. The summed E-state index contributed by atoms with van der Waals surface area (Å²) >= 11 is 0. The van der Waals surface area contributed by atoms with E-state index in [2.05, 4.69) is 0 Å². The predicted molar refractivity (Wildman–Crippen MR) is 69.0 cm³/mol. The van der Waals surface area contributed by atoms with Crippen molar-refractivity contribution in [1.82, 2.24) is 4.90 Å². The first-order chi connectivity index (χ1) is 9.19. The average molecular weight is 263 g/mol. The van der Waals surface area contributed by atoms with Gasteiger partial charge in [-0.3, -0.25) is 4.79 Å². The number of benzene rings is 1. The van der Waals surface area contributed by atoms with E-state index in [1.54, 1.807) is 12.0 Å². The van der Waals surface area contributed by atoms with Crippen LogP contribution in [0.2, 0.25) is 0 Å². The van der Waals surface area contributed by atoms with Gasteiger partial charge >= 0.3 is 6.09 Å². The predicted octanol–water partition coefficient (Wildman–Crippen LogP) is 2.00. The van der Waals surface area contributed by atoms with Crippen molar-refractivity contribution in [2.75, 3.05) is 20.2 Å². The van der Waals surface area contributed by atoms with Crippen molar-refractivity contribution >= 4 is 11.9 Å². The Morgan fingerprint density at radius 1 is 1.21 bits per heavy atom. The lowest BCUT2D eigenvalue weighted by molar-refractivity contribution is -0.121. The number of carbonyl (C=O) groups excluding carboxylic acids is 2. The fourth-order valence-corrected chi connectivity index (χ4v) is 1.90. The molecule has 5 heteroatoms. The highest BCUT2D eigenvalue weighted by Gasteiger charge is 2.21. The fourth-order valence-electron chi connectivity index (χ4n) is 1.90. The first kappa shape index (κ1) is 13.4. The van der Waals surface area contributed by atoms with E-state index in [0.29, 0.717) is 25.9 Å². The molecule has 0 saturated carbocycles. The Morgan fingerprint density at radius 2 is 1.84 bits per heavy atom. The molecule has 0 spiro atoms. The van der Waals surface area contributed by atoms with Crippen molar-refractivity contribution < 1.29 is 19.1 Å². The van der Waals surface area contributed by atoms with Crippen molar-refractivity contribution in [3.8, 4) is 5.75 Å². The Balaban J connectivity index is 1.80. The Hall–Kier alpha value is -2.04. The first-order valence-corrected chi connectivity index (χ1v) is 6.25. The molecule has 5 nitrogen and oxygen atoms in total. The number of hydrogen-bond acceptors (Lipinski definition) is 4. The molecule has 1 amide bonds. The molecular formula is C14H17NO4. The van der Waals surface area contributed by atoms with Gasteiger partial charge in [0.05, 0.1) is 7.11 Å². The molecule has 1 heterocycles. The number of ether oxygens (including phenoxy) is 2. The maximum absolute atomic E-state index is 11.8. The minimum Gasteiger partial charge on any atom is -0.497 e. The maximum Gasteiger partial charge on any atom is 0.410 e. The van der Waals surface area contributed by atoms with Crippen molar-refractivity contribution in [1.29, 1.82) is 0 Å². The van der Waals surface area contributed by atoms with Crippen LogP contribution in [0, 0.1) is 0 Å². The molecule has 1 aliphatic rings. The third kappa shape index (κ3) is 3.71. The van der Waals surface area contributed by atoms with Gasteiger partial charge in [0.1, 0.15) is 18.1 Å². The van der Waals surface area contributed by atoms with Gasteiger partial charge in [0.15, 0.2) is 0 Å². The highest BCUT2D eigenvalue weighted by Crippen LogP contribution is 2.13. The minimum atomic E-state index is -0.358. The van der Waals surface area contributed by atoms with Gasteiger partial charge in [-0.15, -0.1) is 0 Å². The van der Waals surface area contributed by atoms with Crippen LogP contribution in [0.25, 0.3) is 0 Å². The summed E-state index contributed by atoms with van der Waals surface area (Å²) in [4.78, 5) is 24.4. The quantitative estimate of drug-likeness (QED) is 0.837. The van der Waals surface area contributed by atoms with Crippen LogP contribution >= 0.6 is 0 Å². The number of nitrogens with zero attached hydrogens (tertiary/aromatic N) is 1. The van der Waals surface area contributed by atoms with E-state index in [1.807, 2.05) is 24.3 Å². The van der Waals surface area contributed by atoms with E-state index < -0.39 is 0 Å². The standard InChI is InChI=1S/C14H17NO4/c1-18-13-4-2-11(3-5-13)10-19-14(17)15-8-6-12(16)7-9-15/h2-5H,6-10H2,1H3. The van der Waals surface area contributed by atoms with Gasteiger partial charge in [-0.25, -0.2) is 4.79 Å². The van der Waals surface area contributed by atoms with Crippen molar-refractivity contribution in [2.45, 2.75) is 19.4 Å². The molecule has 0 bridgehead atoms. The molecule has 1 aromatic rings. The number of Topliss-reactive ketones (excluding diaryl/α,β-unsaturated/α-hetero) is 1. The van der Waals surface area contributed by atoms with Gasteiger partial charge in [0.2, 0.25) is 0 Å². The third-order valence-corrected chi connectivity index (χ3v) is 3.10. The van der Waals surface area contributed by atoms with Crippen molar-refractivity contribution in [3.05, 3.63) is 29.8 Å². The summed E-state index contributed by atoms with van der Waals surface area (Å²) in [6, 6.07) is 7.35. The van der Waals surface area contributed by atoms with Crippen LogP contribution in [0.15, 0.2) is 24.3 Å². The molecule has 1 aromatic carbocycles. The molecule has 0 N–H and O–H groups in total. The van der Waals surface area contributed by atoms with Crippen LogP contribution < -0.4 is 4.74 Å². The van der Waals surface area contributed by atoms with Gasteiger partial charge in [-0.2, -0.15) is 0 Å². The summed E-state index contributed by atoms with van der Waals surface area (Å²) < 4.78 is 10.3. The van der Waals surface area contributed by atoms with Gasteiger partial charge in [0.25, 0.3) is 0 Å². The zero-order valence-corrected chi connectivity index (χ0v) is 10.9. The van der Waals surface area contributed by atoms with Crippen LogP contribution in [0.1, 0.15) is 18.4 Å². The first-order valence-electron chi connectivity index (χ1n) is 6.25. The Morgan fingerprint density at radius 3 is 2.42 bits per heavy atom. The molecule has 1 aliphatic heterocycles. The van der Waals surface area contributed by atoms with Crippen LogP contribution in [0.5, 0.6) is 5.75 Å². The van der Waals surface area contributed by atoms with E-state index in [1.165, 1.54) is 0 Å². The summed E-state index contributed by atoms with van der Waals surface area (Å²) in [5.41, 5.74) is 0.905. The molecule has 0 unspecified atom stereocenters. The maximum atomic E-state index is 11.8. The number of carbonyl (C=O) groups is 2. The number of amides is 1. The summed E-state index contributed by atoms with van der Waals surface area (Å²) in [5.74, 6) is 0.976. The molecule has 2 rings (SSSR count). The molecule has 1 saturated heterocycles. The summed E-state index contributed by atoms with van der Waals surface area (Å²) in [7, 11) is 1.60. The summed E-state index contributed by atoms with van der Waals surface area (Å²) in [5, 5.41) is 0. The molecule has 1 fully saturated rings. The molecular weight excluding hydrogens is 246 g/mol. The average Bonchev–Trinajstić information content (AvgIpc) is 2.46. The van der Waals surface area contributed by atoms with Crippen molar-refractivity contribution in [3.63, 3.8) is 0 Å². The van der Waals surface area contributed by atoms with Crippen LogP contribution in [-0.4, -0.2) is 37.0 Å². The summed E-state index contributed by atoms with van der Waals surface area (Å²) in [6.45, 7) is 1.15. The Labute approximate surface area is 112 Å². The smallest absolute Gasteiger partial charge is 0.410 e. The van der Waals surface area contributed by atoms with Crippen molar-refractivity contribution in [2.24, 2.45) is 0 Å². The number of hydrogen-bond donors (Lipinski definition) is 0. The SMILES string of the molecule is COc1ccc(COC(=O)N2CCC(=O)CC2)cc1. The summed E-state index contributed by atoms with van der Waals surface area (Å²) in [6.07, 6.45) is 0.498. The second-order valence-corrected chi connectivity index (χ2v) is 4.43. The van der Waals surface area contributed by atoms with E-state index in [-0.39, 0.29) is 18.5 Å². The van der Waals surface area contributed by atoms with Crippen LogP contribution in [0.3, 0.4) is 0 Å². The number of likely N-dealkylation sites (tertiary alicyclic amines) is 1. The topological polar surface area (TPSA) is 55.8 Å². The lowest BCUT2D eigenvalue weighted by Crippen LogP contribution is -2.38. The monoisotopic (exact) mass is 263 g/mol. The highest BCUT2D eigenvalue weighted by molar-refractivity contribution is 5.81. The fraction of sp³-hybridized carbons (Fsp3) is 0.429. The van der Waals surface area contributed by atoms with E-state index in [4.69, 9.17) is 9.47 Å². The van der Waals surface area contributed by atoms with E-state index >= 15 is 0 Å². The molecule has 102 valence electrons. The van der Waals surface area contributed by atoms with Gasteiger partial charge < -0.3 is 14.4 Å². The number of piperidine rings is 1. The van der Waals surface area contributed by atoms with Gasteiger partial charge in [-0.1, -0.05) is 12.1 Å². The molecule has 19 heavy (non-hydrogen) atoms. The second kappa shape index (κ2) is 6.22. The molecule has 0 atom stereocenters. The Bertz CT molecular complexity index is 445. The number of methoxy groups -OCH3 is 1. The zero-order valence-electron chi connectivity index (χ0n) is 10.9. The zero-order chi connectivity index (χ0) is 13.7. The lowest BCUT2D eigenvalue weighted by atomic mass is 10.1. The van der Waals surface area contributed by atoms with E-state index in [9.17, 15) is 9.59 Å². The minimum absolute atomic E-state index is 0.208.